The third-order valence-corrected chi connectivity index (χ3v) is 1.20. The molecule has 0 saturated carbocycles. The minimum Gasteiger partial charge on any atom is -0.467 e. The lowest BCUT2D eigenvalue weighted by Gasteiger charge is -2.01. The Labute approximate surface area is 80.1 Å². The molecule has 0 bridgehead atoms. The van der Waals surface area contributed by atoms with Crippen molar-refractivity contribution < 1.29 is 9.47 Å². The van der Waals surface area contributed by atoms with E-state index in [1.807, 2.05) is 0 Å². The maximum atomic E-state index is 5.53. The fourth-order valence-electron chi connectivity index (χ4n) is 0.577. The van der Waals surface area contributed by atoms with Crippen molar-refractivity contribution in [2.24, 2.45) is 0 Å². The summed E-state index contributed by atoms with van der Waals surface area (Å²) in [5.41, 5.74) is 0. The monoisotopic (exact) mass is 199 g/mol. The first-order valence-corrected chi connectivity index (χ1v) is 3.66. The summed E-state index contributed by atoms with van der Waals surface area (Å²) in [6, 6.07) is 0.141. The van der Waals surface area contributed by atoms with Crippen LogP contribution in [0, 0.1) is 12.3 Å². The number of ether oxygens (including phenoxy) is 2. The van der Waals surface area contributed by atoms with Crippen LogP contribution >= 0.6 is 11.6 Å². The van der Waals surface area contributed by atoms with E-state index in [0.717, 1.165) is 0 Å². The van der Waals surface area contributed by atoms with E-state index in [4.69, 9.17) is 27.5 Å². The molecule has 5 nitrogen and oxygen atoms in total. The molecular weight excluding hydrogens is 194 g/mol. The summed E-state index contributed by atoms with van der Waals surface area (Å²) in [5.74, 6) is 2.27. The highest BCUT2D eigenvalue weighted by molar-refractivity contribution is 6.28. The molecule has 0 amide bonds. The molecule has 0 aromatic carbocycles. The van der Waals surface area contributed by atoms with Crippen LogP contribution in [0.15, 0.2) is 0 Å². The lowest BCUT2D eigenvalue weighted by atomic mass is 10.7. The standard InChI is InChI=1S/C7H6ClN3O2/c1-3-4-13-7-10-5(8)9-6(11-7)12-2/h1H,4H2,2H3. The number of aromatic nitrogens is 3. The van der Waals surface area contributed by atoms with Gasteiger partial charge in [0, 0.05) is 0 Å². The lowest BCUT2D eigenvalue weighted by Crippen LogP contribution is -2.02. The summed E-state index contributed by atoms with van der Waals surface area (Å²) in [7, 11) is 1.41. The molecular formula is C7H6ClN3O2. The van der Waals surface area contributed by atoms with Gasteiger partial charge in [-0.3, -0.25) is 0 Å². The molecule has 0 unspecified atom stereocenters. The Balaban J connectivity index is 2.83. The van der Waals surface area contributed by atoms with Gasteiger partial charge in [0.15, 0.2) is 6.61 Å². The molecule has 0 aliphatic heterocycles. The first-order chi connectivity index (χ1) is 6.26. The van der Waals surface area contributed by atoms with Crippen LogP contribution in [0.5, 0.6) is 12.0 Å². The van der Waals surface area contributed by atoms with E-state index < -0.39 is 0 Å². The Morgan fingerprint density at radius 3 is 2.69 bits per heavy atom. The molecule has 1 heterocycles. The van der Waals surface area contributed by atoms with E-state index in [9.17, 15) is 0 Å². The first-order valence-electron chi connectivity index (χ1n) is 3.28. The van der Waals surface area contributed by atoms with E-state index in [-0.39, 0.29) is 23.9 Å². The average molecular weight is 200 g/mol. The second kappa shape index (κ2) is 4.48. The quantitative estimate of drug-likeness (QED) is 0.666. The van der Waals surface area contributed by atoms with Crippen LogP contribution in [0.25, 0.3) is 0 Å². The Bertz CT molecular complexity index is 337. The molecule has 0 fully saturated rings. The number of hydrogen-bond acceptors (Lipinski definition) is 5. The lowest BCUT2D eigenvalue weighted by molar-refractivity contribution is 0.317. The number of halogens is 1. The van der Waals surface area contributed by atoms with Crippen molar-refractivity contribution in [2.75, 3.05) is 13.7 Å². The van der Waals surface area contributed by atoms with Crippen LogP contribution in [-0.4, -0.2) is 28.7 Å². The second-order valence-corrected chi connectivity index (χ2v) is 2.20. The maximum absolute atomic E-state index is 5.53. The van der Waals surface area contributed by atoms with Crippen molar-refractivity contribution >= 4 is 11.6 Å². The Morgan fingerprint density at radius 1 is 1.38 bits per heavy atom. The van der Waals surface area contributed by atoms with Crippen LogP contribution in [0.1, 0.15) is 0 Å². The van der Waals surface area contributed by atoms with Gasteiger partial charge in [-0.25, -0.2) is 0 Å². The van der Waals surface area contributed by atoms with Crippen molar-refractivity contribution in [3.63, 3.8) is 0 Å². The highest BCUT2D eigenvalue weighted by atomic mass is 35.5. The number of hydrogen-bond donors (Lipinski definition) is 0. The fourth-order valence-corrected chi connectivity index (χ4v) is 0.721. The highest BCUT2D eigenvalue weighted by Gasteiger charge is 2.04. The molecule has 0 radical (unpaired) electrons. The Morgan fingerprint density at radius 2 is 2.08 bits per heavy atom. The number of nitrogens with zero attached hydrogens (tertiary/aromatic N) is 3. The minimum atomic E-state index is -0.00104. The highest BCUT2D eigenvalue weighted by Crippen LogP contribution is 2.11. The van der Waals surface area contributed by atoms with Crippen molar-refractivity contribution in [2.45, 2.75) is 0 Å². The van der Waals surface area contributed by atoms with E-state index in [0.29, 0.717) is 0 Å². The van der Waals surface area contributed by atoms with Crippen LogP contribution in [0.3, 0.4) is 0 Å². The van der Waals surface area contributed by atoms with Gasteiger partial charge in [0.25, 0.3) is 0 Å². The zero-order valence-corrected chi connectivity index (χ0v) is 7.58. The van der Waals surface area contributed by atoms with Crippen LogP contribution in [0.4, 0.5) is 0 Å². The molecule has 0 atom stereocenters. The largest absolute Gasteiger partial charge is 0.467 e. The molecule has 6 heteroatoms. The third kappa shape index (κ3) is 2.76. The first kappa shape index (κ1) is 9.55. The minimum absolute atomic E-state index is 0.00104. The van der Waals surface area contributed by atoms with Gasteiger partial charge >= 0.3 is 12.0 Å². The molecule has 0 saturated heterocycles. The summed E-state index contributed by atoms with van der Waals surface area (Å²) in [4.78, 5) is 11.1. The molecule has 13 heavy (non-hydrogen) atoms. The SMILES string of the molecule is C#CCOc1nc(Cl)nc(OC)n1. The van der Waals surface area contributed by atoms with Gasteiger partial charge in [0.2, 0.25) is 5.28 Å². The van der Waals surface area contributed by atoms with E-state index >= 15 is 0 Å². The van der Waals surface area contributed by atoms with Gasteiger partial charge < -0.3 is 9.47 Å². The van der Waals surface area contributed by atoms with Gasteiger partial charge in [-0.05, 0) is 11.6 Å². The van der Waals surface area contributed by atoms with Crippen molar-refractivity contribution in [3.05, 3.63) is 5.28 Å². The molecule has 0 aliphatic rings. The predicted octanol–water partition coefficient (Wildman–Crippen LogP) is 0.546. The summed E-state index contributed by atoms with van der Waals surface area (Å²) in [6.45, 7) is 0.0729. The van der Waals surface area contributed by atoms with Gasteiger partial charge in [0.05, 0.1) is 7.11 Å². The third-order valence-electron chi connectivity index (χ3n) is 1.03. The van der Waals surface area contributed by atoms with E-state index in [1.165, 1.54) is 7.11 Å². The number of methoxy groups -OCH3 is 1. The number of terminal acetylenes is 1. The average Bonchev–Trinajstić information content (AvgIpc) is 2.14. The maximum Gasteiger partial charge on any atom is 0.324 e. The van der Waals surface area contributed by atoms with Crippen molar-refractivity contribution in [3.8, 4) is 24.4 Å². The number of rotatable bonds is 3. The van der Waals surface area contributed by atoms with Crippen LogP contribution < -0.4 is 9.47 Å². The molecule has 68 valence electrons. The molecule has 0 spiro atoms. The van der Waals surface area contributed by atoms with Crippen molar-refractivity contribution in [1.29, 1.82) is 0 Å². The summed E-state index contributed by atoms with van der Waals surface area (Å²) in [5, 5.41) is -0.00104. The van der Waals surface area contributed by atoms with Gasteiger partial charge in [-0.15, -0.1) is 11.4 Å². The fraction of sp³-hybridized carbons (Fsp3) is 0.286. The van der Waals surface area contributed by atoms with E-state index in [1.54, 1.807) is 0 Å². The Kier molecular flexibility index (Phi) is 3.29. The van der Waals surface area contributed by atoms with Gasteiger partial charge in [-0.1, -0.05) is 5.92 Å². The van der Waals surface area contributed by atoms with Crippen molar-refractivity contribution in [1.82, 2.24) is 15.0 Å². The smallest absolute Gasteiger partial charge is 0.324 e. The predicted molar refractivity (Wildman–Crippen MR) is 45.7 cm³/mol. The zero-order valence-electron chi connectivity index (χ0n) is 6.82. The van der Waals surface area contributed by atoms with Gasteiger partial charge in [0.1, 0.15) is 0 Å². The topological polar surface area (TPSA) is 57.1 Å². The molecule has 0 aliphatic carbocycles. The van der Waals surface area contributed by atoms with Crippen LogP contribution in [-0.2, 0) is 0 Å². The van der Waals surface area contributed by atoms with Gasteiger partial charge in [-0.2, -0.15) is 9.97 Å². The second-order valence-electron chi connectivity index (χ2n) is 1.87. The molecule has 1 aromatic rings. The molecule has 0 N–H and O–H groups in total. The van der Waals surface area contributed by atoms with E-state index in [2.05, 4.69) is 20.9 Å². The normalized spacial score (nSPS) is 9.00. The summed E-state index contributed by atoms with van der Waals surface area (Å²) >= 11 is 5.53. The molecule has 1 aromatic heterocycles. The zero-order chi connectivity index (χ0) is 9.68. The summed E-state index contributed by atoms with van der Waals surface area (Å²) < 4.78 is 9.65. The summed E-state index contributed by atoms with van der Waals surface area (Å²) in [6.07, 6.45) is 4.97. The Hall–Kier alpha value is -1.54. The molecule has 1 rings (SSSR count). The van der Waals surface area contributed by atoms with Crippen LogP contribution in [0.2, 0.25) is 5.28 Å².